The summed E-state index contributed by atoms with van der Waals surface area (Å²) in [5, 5.41) is 23.7. The fourth-order valence-electron chi connectivity index (χ4n) is 7.38. The molecule has 12 heteroatoms. The molecule has 1 aliphatic carbocycles. The number of methoxy groups -OCH3 is 1. The molecular formula is C41H53N9O3. The van der Waals surface area contributed by atoms with E-state index in [-0.39, 0.29) is 23.6 Å². The molecule has 7 rings (SSSR count). The van der Waals surface area contributed by atoms with Crippen molar-refractivity contribution in [2.75, 3.05) is 37.0 Å². The summed E-state index contributed by atoms with van der Waals surface area (Å²) in [7, 11) is 1.72. The van der Waals surface area contributed by atoms with Crippen molar-refractivity contribution in [2.24, 2.45) is 0 Å². The van der Waals surface area contributed by atoms with Gasteiger partial charge in [-0.25, -0.2) is 9.48 Å². The highest BCUT2D eigenvalue weighted by atomic mass is 16.5. The maximum absolute atomic E-state index is 13.7. The van der Waals surface area contributed by atoms with Gasteiger partial charge in [-0.05, 0) is 92.9 Å². The maximum atomic E-state index is 13.7. The normalized spacial score (nSPS) is 18.9. The van der Waals surface area contributed by atoms with Crippen molar-refractivity contribution in [3.63, 3.8) is 0 Å². The molecule has 2 aliphatic rings. The molecule has 1 fully saturated rings. The molecule has 2 aromatic carbocycles. The zero-order valence-corrected chi connectivity index (χ0v) is 31.6. The van der Waals surface area contributed by atoms with Crippen molar-refractivity contribution in [3.8, 4) is 11.4 Å². The standard InChI is InChI=1S/C41H53N9O3/c1-28-11-8-9-23-48(28)40-46-45-37-21-18-31(27-49(37)40)53-35-20-19-34(32-12-6-7-13-33(32)35)43-39(51)44-38-25-36(41(2,3)4)47-50(38)30-16-14-29(15-17-30)26-42-22-10-24-52-5/h6-7,12-18,21,25,27-28,34-35,42H,8-11,19-20,22-24,26H2,1-5H3,(H2,43,44,51)/t28?,34-,35+/m0/s1. The summed E-state index contributed by atoms with van der Waals surface area (Å²) >= 11 is 0. The van der Waals surface area contributed by atoms with Crippen molar-refractivity contribution >= 4 is 23.4 Å². The fraction of sp³-hybridized carbons (Fsp3) is 0.463. The molecule has 3 atom stereocenters. The van der Waals surface area contributed by atoms with Crippen LogP contribution >= 0.6 is 0 Å². The highest BCUT2D eigenvalue weighted by molar-refractivity contribution is 5.89. The lowest BCUT2D eigenvalue weighted by Crippen LogP contribution is -2.38. The zero-order chi connectivity index (χ0) is 37.0. The Bertz CT molecular complexity index is 2000. The van der Waals surface area contributed by atoms with Crippen LogP contribution in [-0.4, -0.2) is 63.3 Å². The highest BCUT2D eigenvalue weighted by Gasteiger charge is 2.31. The van der Waals surface area contributed by atoms with Gasteiger partial charge in [-0.15, -0.1) is 10.2 Å². The Morgan fingerprint density at radius 3 is 2.55 bits per heavy atom. The molecule has 12 nitrogen and oxygen atoms in total. The maximum Gasteiger partial charge on any atom is 0.320 e. The van der Waals surface area contributed by atoms with Gasteiger partial charge in [-0.2, -0.15) is 5.10 Å². The molecule has 280 valence electrons. The number of pyridine rings is 1. The van der Waals surface area contributed by atoms with Gasteiger partial charge in [0.2, 0.25) is 5.95 Å². The second-order valence-corrected chi connectivity index (χ2v) is 15.4. The van der Waals surface area contributed by atoms with E-state index >= 15 is 0 Å². The fourth-order valence-corrected chi connectivity index (χ4v) is 7.38. The molecule has 0 spiro atoms. The van der Waals surface area contributed by atoms with E-state index in [1.807, 2.05) is 57.7 Å². The molecule has 5 aromatic rings. The van der Waals surface area contributed by atoms with Gasteiger partial charge in [-0.3, -0.25) is 9.72 Å². The van der Waals surface area contributed by atoms with Gasteiger partial charge in [0.1, 0.15) is 17.7 Å². The van der Waals surface area contributed by atoms with Gasteiger partial charge in [0.25, 0.3) is 0 Å². The van der Waals surface area contributed by atoms with Gasteiger partial charge in [0, 0.05) is 44.3 Å². The van der Waals surface area contributed by atoms with Crippen LogP contribution in [0.4, 0.5) is 16.6 Å². The number of fused-ring (bicyclic) bond motifs is 2. The number of nitrogens with one attached hydrogen (secondary N) is 3. The third kappa shape index (κ3) is 8.34. The zero-order valence-electron chi connectivity index (χ0n) is 31.6. The largest absolute Gasteiger partial charge is 0.484 e. The summed E-state index contributed by atoms with van der Waals surface area (Å²) < 4.78 is 15.7. The number of rotatable bonds is 12. The van der Waals surface area contributed by atoms with E-state index < -0.39 is 0 Å². The molecule has 2 amide bonds. The number of hydrogen-bond acceptors (Lipinski definition) is 8. The van der Waals surface area contributed by atoms with Gasteiger partial charge >= 0.3 is 6.03 Å². The van der Waals surface area contributed by atoms with Crippen molar-refractivity contribution in [1.82, 2.24) is 35.0 Å². The number of ether oxygens (including phenoxy) is 2. The average molecular weight is 720 g/mol. The molecule has 1 saturated heterocycles. The monoisotopic (exact) mass is 719 g/mol. The Hall–Kier alpha value is -4.94. The van der Waals surface area contributed by atoms with E-state index in [1.54, 1.807) is 7.11 Å². The Labute approximate surface area is 312 Å². The predicted octanol–water partition coefficient (Wildman–Crippen LogP) is 7.49. The van der Waals surface area contributed by atoms with Crippen LogP contribution in [0.5, 0.6) is 5.75 Å². The number of anilines is 2. The minimum atomic E-state index is -0.278. The number of nitrogens with zero attached hydrogens (tertiary/aromatic N) is 6. The number of carbonyl (C=O) groups excluding carboxylic acids is 1. The summed E-state index contributed by atoms with van der Waals surface area (Å²) in [5.41, 5.74) is 5.68. The van der Waals surface area contributed by atoms with Crippen LogP contribution < -0.4 is 25.6 Å². The van der Waals surface area contributed by atoms with Gasteiger partial charge in [0.05, 0.1) is 23.6 Å². The Morgan fingerprint density at radius 1 is 0.962 bits per heavy atom. The quantitative estimate of drug-likeness (QED) is 0.113. The van der Waals surface area contributed by atoms with Crippen LogP contribution in [-0.2, 0) is 16.7 Å². The summed E-state index contributed by atoms with van der Waals surface area (Å²) in [5.74, 6) is 2.25. The lowest BCUT2D eigenvalue weighted by Gasteiger charge is -2.33. The lowest BCUT2D eigenvalue weighted by molar-refractivity contribution is 0.171. The third-order valence-electron chi connectivity index (χ3n) is 10.4. The number of urea groups is 1. The number of hydrogen-bond donors (Lipinski definition) is 3. The second-order valence-electron chi connectivity index (χ2n) is 15.4. The van der Waals surface area contributed by atoms with E-state index in [2.05, 4.69) is 83.0 Å². The number of carbonyl (C=O) groups is 1. The van der Waals surface area contributed by atoms with E-state index in [1.165, 1.54) is 12.0 Å². The van der Waals surface area contributed by atoms with Gasteiger partial charge < -0.3 is 25.0 Å². The SMILES string of the molecule is COCCCNCc1ccc(-n2nc(C(C)(C)C)cc2NC(=O)N[C@H]2CC[C@@H](Oc3ccc4nnc(N5CCCCC5C)n4c3)c3ccccc32)cc1. The Balaban J connectivity index is 1.04. The molecule has 4 heterocycles. The second kappa shape index (κ2) is 16.0. The van der Waals surface area contributed by atoms with Crippen LogP contribution in [0.1, 0.15) is 101 Å². The number of aromatic nitrogens is 5. The van der Waals surface area contributed by atoms with Crippen LogP contribution in [0.15, 0.2) is 72.9 Å². The highest BCUT2D eigenvalue weighted by Crippen LogP contribution is 2.39. The molecule has 0 saturated carbocycles. The first-order valence-corrected chi connectivity index (χ1v) is 19.0. The van der Waals surface area contributed by atoms with E-state index in [4.69, 9.17) is 14.6 Å². The van der Waals surface area contributed by atoms with E-state index in [0.29, 0.717) is 11.9 Å². The minimum Gasteiger partial charge on any atom is -0.484 e. The smallest absolute Gasteiger partial charge is 0.320 e. The molecule has 3 aromatic heterocycles. The first kappa shape index (κ1) is 36.4. The molecule has 0 bridgehead atoms. The van der Waals surface area contributed by atoms with Crippen LogP contribution in [0.3, 0.4) is 0 Å². The van der Waals surface area contributed by atoms with Crippen LogP contribution in [0, 0.1) is 0 Å². The van der Waals surface area contributed by atoms with E-state index in [9.17, 15) is 4.79 Å². The molecule has 1 unspecified atom stereocenters. The molecular weight excluding hydrogens is 667 g/mol. The predicted molar refractivity (Wildman–Crippen MR) is 208 cm³/mol. The lowest BCUT2D eigenvalue weighted by atomic mass is 9.85. The van der Waals surface area contributed by atoms with Crippen molar-refractivity contribution in [1.29, 1.82) is 0 Å². The average Bonchev–Trinajstić information content (AvgIpc) is 3.78. The molecule has 1 aliphatic heterocycles. The summed E-state index contributed by atoms with van der Waals surface area (Å²) in [6.45, 7) is 12.0. The Morgan fingerprint density at radius 2 is 1.77 bits per heavy atom. The summed E-state index contributed by atoms with van der Waals surface area (Å²) in [4.78, 5) is 16.1. The third-order valence-corrected chi connectivity index (χ3v) is 10.4. The topological polar surface area (TPSA) is 123 Å². The summed E-state index contributed by atoms with van der Waals surface area (Å²) in [6.07, 6.45) is 7.86. The van der Waals surface area contributed by atoms with Crippen LogP contribution in [0.2, 0.25) is 0 Å². The minimum absolute atomic E-state index is 0.155. The van der Waals surface area contributed by atoms with Crippen molar-refractivity contribution in [2.45, 2.75) is 96.4 Å². The Kier molecular flexibility index (Phi) is 11.0. The molecule has 53 heavy (non-hydrogen) atoms. The number of piperidine rings is 1. The number of amides is 2. The van der Waals surface area contributed by atoms with Crippen molar-refractivity contribution in [3.05, 3.63) is 95.3 Å². The first-order chi connectivity index (χ1) is 25.7. The van der Waals surface area contributed by atoms with Gasteiger partial charge in [0.15, 0.2) is 5.65 Å². The number of benzene rings is 2. The first-order valence-electron chi connectivity index (χ1n) is 19.0. The summed E-state index contributed by atoms with van der Waals surface area (Å²) in [6, 6.07) is 22.4. The molecule has 0 radical (unpaired) electrons. The van der Waals surface area contributed by atoms with E-state index in [0.717, 1.165) is 98.2 Å². The molecule has 3 N–H and O–H groups in total. The van der Waals surface area contributed by atoms with Crippen LogP contribution in [0.25, 0.3) is 11.3 Å². The van der Waals surface area contributed by atoms with Gasteiger partial charge in [-0.1, -0.05) is 57.2 Å². The van der Waals surface area contributed by atoms with Crippen molar-refractivity contribution < 1.29 is 14.3 Å².